The molecule has 1 aliphatic rings. The third kappa shape index (κ3) is 4.78. The summed E-state index contributed by atoms with van der Waals surface area (Å²) in [6.07, 6.45) is 2.08. The van der Waals surface area contributed by atoms with Crippen molar-refractivity contribution in [3.63, 3.8) is 0 Å². The third-order valence-electron chi connectivity index (χ3n) is 5.46. The molecule has 1 aliphatic heterocycles. The molecule has 29 heavy (non-hydrogen) atoms. The van der Waals surface area contributed by atoms with Crippen LogP contribution in [0.1, 0.15) is 29.8 Å². The molecule has 0 saturated carbocycles. The fraction of sp³-hybridized carbons (Fsp3) is 0.600. The standard InChI is InChI=1S/C20H30N6O3/c1-14-16(15(2)24(3)23-14)7-8-19(27)25-9-6-10-26(12-11-25)20-21-17(28-4)13-18(22-20)29-5/h13H,6-12H2,1-5H3. The molecule has 2 aromatic rings. The topological polar surface area (TPSA) is 85.6 Å². The number of carbonyl (C=O) groups excluding carboxylic acids is 1. The van der Waals surface area contributed by atoms with Crippen molar-refractivity contribution in [3.8, 4) is 11.8 Å². The van der Waals surface area contributed by atoms with Gasteiger partial charge in [0.05, 0.1) is 26.0 Å². The molecular formula is C20H30N6O3. The molecule has 1 amide bonds. The van der Waals surface area contributed by atoms with Gasteiger partial charge in [0.1, 0.15) is 0 Å². The maximum atomic E-state index is 12.8. The Morgan fingerprint density at radius 1 is 1.07 bits per heavy atom. The van der Waals surface area contributed by atoms with Crippen LogP contribution < -0.4 is 14.4 Å². The number of aryl methyl sites for hydroxylation is 2. The highest BCUT2D eigenvalue weighted by Crippen LogP contribution is 2.21. The lowest BCUT2D eigenvalue weighted by atomic mass is 10.1. The highest BCUT2D eigenvalue weighted by Gasteiger charge is 2.22. The third-order valence-corrected chi connectivity index (χ3v) is 5.46. The molecule has 2 aromatic heterocycles. The van der Waals surface area contributed by atoms with Gasteiger partial charge in [-0.05, 0) is 32.3 Å². The van der Waals surface area contributed by atoms with E-state index < -0.39 is 0 Å². The van der Waals surface area contributed by atoms with E-state index in [1.54, 1.807) is 20.3 Å². The van der Waals surface area contributed by atoms with Crippen LogP contribution in [0.3, 0.4) is 0 Å². The van der Waals surface area contributed by atoms with Crippen LogP contribution in [0.4, 0.5) is 5.95 Å². The van der Waals surface area contributed by atoms with Crippen LogP contribution in [0.25, 0.3) is 0 Å². The maximum absolute atomic E-state index is 12.8. The van der Waals surface area contributed by atoms with Gasteiger partial charge < -0.3 is 19.3 Å². The minimum Gasteiger partial charge on any atom is -0.481 e. The Hall–Kier alpha value is -2.84. The van der Waals surface area contributed by atoms with E-state index in [-0.39, 0.29) is 5.91 Å². The van der Waals surface area contributed by atoms with Gasteiger partial charge in [-0.2, -0.15) is 15.1 Å². The van der Waals surface area contributed by atoms with E-state index in [1.807, 2.05) is 30.5 Å². The Morgan fingerprint density at radius 3 is 2.34 bits per heavy atom. The number of aromatic nitrogens is 4. The van der Waals surface area contributed by atoms with Crippen molar-refractivity contribution in [3.05, 3.63) is 23.0 Å². The van der Waals surface area contributed by atoms with Gasteiger partial charge in [-0.15, -0.1) is 0 Å². The smallest absolute Gasteiger partial charge is 0.232 e. The quantitative estimate of drug-likeness (QED) is 0.724. The normalized spacial score (nSPS) is 14.7. The van der Waals surface area contributed by atoms with Crippen LogP contribution >= 0.6 is 0 Å². The largest absolute Gasteiger partial charge is 0.481 e. The number of rotatable bonds is 6. The molecule has 3 rings (SSSR count). The zero-order chi connectivity index (χ0) is 21.0. The van der Waals surface area contributed by atoms with Gasteiger partial charge in [0.25, 0.3) is 0 Å². The van der Waals surface area contributed by atoms with Crippen molar-refractivity contribution >= 4 is 11.9 Å². The van der Waals surface area contributed by atoms with Crippen LogP contribution in [0.15, 0.2) is 6.07 Å². The van der Waals surface area contributed by atoms with E-state index in [2.05, 4.69) is 20.0 Å². The predicted octanol–water partition coefficient (Wildman–Crippen LogP) is 1.52. The second-order valence-corrected chi connectivity index (χ2v) is 7.25. The number of nitrogens with zero attached hydrogens (tertiary/aromatic N) is 6. The summed E-state index contributed by atoms with van der Waals surface area (Å²) in [4.78, 5) is 25.7. The highest BCUT2D eigenvalue weighted by molar-refractivity contribution is 5.76. The molecule has 0 bridgehead atoms. The van der Waals surface area contributed by atoms with Crippen LogP contribution in [-0.4, -0.2) is 71.0 Å². The van der Waals surface area contributed by atoms with Crippen molar-refractivity contribution < 1.29 is 14.3 Å². The summed E-state index contributed by atoms with van der Waals surface area (Å²) in [5.41, 5.74) is 3.31. The number of carbonyl (C=O) groups is 1. The van der Waals surface area contributed by atoms with Crippen molar-refractivity contribution in [2.45, 2.75) is 33.1 Å². The minimum absolute atomic E-state index is 0.179. The Morgan fingerprint density at radius 2 is 1.76 bits per heavy atom. The van der Waals surface area contributed by atoms with Crippen molar-refractivity contribution in [1.82, 2.24) is 24.6 Å². The molecule has 0 aromatic carbocycles. The van der Waals surface area contributed by atoms with Crippen molar-refractivity contribution in [2.24, 2.45) is 7.05 Å². The monoisotopic (exact) mass is 402 g/mol. The van der Waals surface area contributed by atoms with E-state index in [1.165, 1.54) is 5.56 Å². The number of hydrogen-bond acceptors (Lipinski definition) is 7. The van der Waals surface area contributed by atoms with E-state index in [4.69, 9.17) is 9.47 Å². The Bertz CT molecular complexity index is 844. The van der Waals surface area contributed by atoms with E-state index in [9.17, 15) is 4.79 Å². The van der Waals surface area contributed by atoms with Crippen LogP contribution in [0.2, 0.25) is 0 Å². The number of anilines is 1. The van der Waals surface area contributed by atoms with Gasteiger partial charge in [0, 0.05) is 45.3 Å². The molecular weight excluding hydrogens is 372 g/mol. The number of methoxy groups -OCH3 is 2. The van der Waals surface area contributed by atoms with Crippen LogP contribution in [0.5, 0.6) is 11.8 Å². The number of ether oxygens (including phenoxy) is 2. The molecule has 0 N–H and O–H groups in total. The average Bonchev–Trinajstić information content (AvgIpc) is 2.90. The van der Waals surface area contributed by atoms with Crippen molar-refractivity contribution in [1.29, 1.82) is 0 Å². The SMILES string of the molecule is COc1cc(OC)nc(N2CCCN(C(=O)CCc3c(C)nn(C)c3C)CC2)n1. The van der Waals surface area contributed by atoms with Gasteiger partial charge in [0.15, 0.2) is 0 Å². The molecule has 9 heteroatoms. The fourth-order valence-electron chi connectivity index (χ4n) is 3.68. The molecule has 0 spiro atoms. The second kappa shape index (κ2) is 9.11. The molecule has 0 unspecified atom stereocenters. The molecule has 1 fully saturated rings. The van der Waals surface area contributed by atoms with Gasteiger partial charge in [0.2, 0.25) is 23.6 Å². The first-order valence-electron chi connectivity index (χ1n) is 9.91. The molecule has 1 saturated heterocycles. The highest BCUT2D eigenvalue weighted by atomic mass is 16.5. The van der Waals surface area contributed by atoms with Gasteiger partial charge in [-0.3, -0.25) is 9.48 Å². The first-order chi connectivity index (χ1) is 13.9. The predicted molar refractivity (Wildman–Crippen MR) is 110 cm³/mol. The summed E-state index contributed by atoms with van der Waals surface area (Å²) < 4.78 is 12.4. The zero-order valence-electron chi connectivity index (χ0n) is 17.9. The Labute approximate surface area is 171 Å². The molecule has 158 valence electrons. The lowest BCUT2D eigenvalue weighted by Crippen LogP contribution is -2.35. The molecule has 3 heterocycles. The van der Waals surface area contributed by atoms with Crippen LogP contribution in [0, 0.1) is 13.8 Å². The van der Waals surface area contributed by atoms with Crippen LogP contribution in [-0.2, 0) is 18.3 Å². The lowest BCUT2D eigenvalue weighted by molar-refractivity contribution is -0.130. The summed E-state index contributed by atoms with van der Waals surface area (Å²) in [5.74, 6) is 1.67. The van der Waals surface area contributed by atoms with E-state index in [0.29, 0.717) is 37.2 Å². The first kappa shape index (κ1) is 20.9. The summed E-state index contributed by atoms with van der Waals surface area (Å²) in [5, 5.41) is 4.44. The zero-order valence-corrected chi connectivity index (χ0v) is 17.9. The second-order valence-electron chi connectivity index (χ2n) is 7.25. The summed E-state index contributed by atoms with van der Waals surface area (Å²) in [7, 11) is 5.08. The van der Waals surface area contributed by atoms with Gasteiger partial charge in [-0.1, -0.05) is 0 Å². The van der Waals surface area contributed by atoms with Crippen molar-refractivity contribution in [2.75, 3.05) is 45.3 Å². The summed E-state index contributed by atoms with van der Waals surface area (Å²) in [6.45, 7) is 6.88. The fourth-order valence-corrected chi connectivity index (χ4v) is 3.68. The molecule has 9 nitrogen and oxygen atoms in total. The first-order valence-corrected chi connectivity index (χ1v) is 9.91. The van der Waals surface area contributed by atoms with E-state index >= 15 is 0 Å². The van der Waals surface area contributed by atoms with Gasteiger partial charge >= 0.3 is 0 Å². The number of hydrogen-bond donors (Lipinski definition) is 0. The molecule has 0 aliphatic carbocycles. The van der Waals surface area contributed by atoms with Gasteiger partial charge in [-0.25, -0.2) is 0 Å². The molecule has 0 atom stereocenters. The maximum Gasteiger partial charge on any atom is 0.232 e. The minimum atomic E-state index is 0.179. The Kier molecular flexibility index (Phi) is 6.56. The lowest BCUT2D eigenvalue weighted by Gasteiger charge is -2.22. The summed E-state index contributed by atoms with van der Waals surface area (Å²) >= 11 is 0. The van der Waals surface area contributed by atoms with E-state index in [0.717, 1.165) is 37.3 Å². The molecule has 0 radical (unpaired) electrons. The average molecular weight is 402 g/mol. The number of amides is 1. The summed E-state index contributed by atoms with van der Waals surface area (Å²) in [6, 6.07) is 1.65. The Balaban J connectivity index is 1.61.